The lowest BCUT2D eigenvalue weighted by Crippen LogP contribution is -1.92. The van der Waals surface area contributed by atoms with Crippen LogP contribution in [0.2, 0.25) is 0 Å². The minimum absolute atomic E-state index is 0.267. The van der Waals surface area contributed by atoms with Gasteiger partial charge in [-0.15, -0.1) is 10.2 Å². The van der Waals surface area contributed by atoms with Gasteiger partial charge in [-0.3, -0.25) is 4.98 Å². The third-order valence-corrected chi connectivity index (χ3v) is 3.04. The minimum atomic E-state index is 0.267. The van der Waals surface area contributed by atoms with Gasteiger partial charge in [0, 0.05) is 17.3 Å². The first kappa shape index (κ1) is 10.9. The van der Waals surface area contributed by atoms with Crippen LogP contribution in [0.15, 0.2) is 36.5 Å². The quantitative estimate of drug-likeness (QED) is 0.760. The molecule has 0 bridgehead atoms. The van der Waals surface area contributed by atoms with Gasteiger partial charge in [0.1, 0.15) is 0 Å². The Bertz CT molecular complexity index is 740. The summed E-state index contributed by atoms with van der Waals surface area (Å²) in [6.07, 6.45) is 1.71. The monoisotopic (exact) mass is 267 g/mol. The lowest BCUT2D eigenvalue weighted by atomic mass is 10.1. The molecule has 0 unspecified atom stereocenters. The van der Waals surface area contributed by atoms with E-state index in [1.807, 2.05) is 30.3 Å². The molecule has 1 N–H and O–H groups in total. The fourth-order valence-electron chi connectivity index (χ4n) is 2.04. The summed E-state index contributed by atoms with van der Waals surface area (Å²) in [7, 11) is 0. The Morgan fingerprint density at radius 1 is 1.00 bits per heavy atom. The van der Waals surface area contributed by atoms with Crippen LogP contribution >= 0.6 is 0 Å². The van der Waals surface area contributed by atoms with Crippen molar-refractivity contribution in [3.05, 3.63) is 36.5 Å². The molecule has 98 valence electrons. The summed E-state index contributed by atoms with van der Waals surface area (Å²) >= 11 is 0. The van der Waals surface area contributed by atoms with Crippen LogP contribution < -0.4 is 9.47 Å². The third kappa shape index (κ3) is 1.76. The summed E-state index contributed by atoms with van der Waals surface area (Å²) in [6, 6.07) is 9.55. The summed E-state index contributed by atoms with van der Waals surface area (Å²) in [5, 5.41) is 13.8. The molecule has 0 aliphatic carbocycles. The van der Waals surface area contributed by atoms with Crippen LogP contribution in [0.4, 0.5) is 0 Å². The maximum absolute atomic E-state index is 5.36. The van der Waals surface area contributed by atoms with Crippen molar-refractivity contribution in [1.82, 2.24) is 25.6 Å². The van der Waals surface area contributed by atoms with Gasteiger partial charge in [-0.25, -0.2) is 0 Å². The number of benzene rings is 1. The molecule has 7 heteroatoms. The van der Waals surface area contributed by atoms with Crippen molar-refractivity contribution >= 4 is 0 Å². The predicted molar refractivity (Wildman–Crippen MR) is 69.0 cm³/mol. The molecule has 1 aromatic carbocycles. The molecule has 3 aromatic rings. The number of ether oxygens (including phenoxy) is 2. The molecule has 4 rings (SSSR count). The number of pyridine rings is 1. The highest BCUT2D eigenvalue weighted by Crippen LogP contribution is 2.35. The number of nitrogens with zero attached hydrogens (tertiary/aromatic N) is 4. The fraction of sp³-hybridized carbons (Fsp3) is 0.0769. The van der Waals surface area contributed by atoms with E-state index in [0.717, 1.165) is 28.3 Å². The van der Waals surface area contributed by atoms with E-state index in [-0.39, 0.29) is 6.79 Å². The highest BCUT2D eigenvalue weighted by atomic mass is 16.7. The van der Waals surface area contributed by atoms with Crippen molar-refractivity contribution in [2.24, 2.45) is 0 Å². The van der Waals surface area contributed by atoms with Crippen molar-refractivity contribution in [2.75, 3.05) is 6.79 Å². The molecule has 0 saturated carbocycles. The van der Waals surface area contributed by atoms with Gasteiger partial charge >= 0.3 is 0 Å². The summed E-state index contributed by atoms with van der Waals surface area (Å²) < 4.78 is 10.6. The van der Waals surface area contributed by atoms with Crippen LogP contribution in [0.3, 0.4) is 0 Å². The van der Waals surface area contributed by atoms with Crippen LogP contribution in [-0.2, 0) is 0 Å². The minimum Gasteiger partial charge on any atom is -0.454 e. The SMILES string of the molecule is c1cc2c(cc1-c1ccc(-c3nn[nH]n3)cn1)OCO2. The predicted octanol–water partition coefficient (Wildman–Crippen LogP) is 1.66. The molecule has 0 fully saturated rings. The Morgan fingerprint density at radius 3 is 2.70 bits per heavy atom. The second-order valence-corrected chi connectivity index (χ2v) is 4.24. The van der Waals surface area contributed by atoms with E-state index < -0.39 is 0 Å². The number of H-pyrrole nitrogens is 1. The highest BCUT2D eigenvalue weighted by molar-refractivity contribution is 5.66. The molecule has 0 saturated heterocycles. The molecule has 0 amide bonds. The van der Waals surface area contributed by atoms with Gasteiger partial charge in [0.2, 0.25) is 12.6 Å². The van der Waals surface area contributed by atoms with E-state index in [0.29, 0.717) is 5.82 Å². The molecule has 3 heterocycles. The highest BCUT2D eigenvalue weighted by Gasteiger charge is 2.14. The van der Waals surface area contributed by atoms with Crippen LogP contribution in [0.1, 0.15) is 0 Å². The van der Waals surface area contributed by atoms with E-state index >= 15 is 0 Å². The molecule has 0 spiro atoms. The maximum atomic E-state index is 5.36. The fourth-order valence-corrected chi connectivity index (χ4v) is 2.04. The van der Waals surface area contributed by atoms with Crippen LogP contribution in [0, 0.1) is 0 Å². The van der Waals surface area contributed by atoms with E-state index in [4.69, 9.17) is 9.47 Å². The summed E-state index contributed by atoms with van der Waals surface area (Å²) in [6.45, 7) is 0.267. The molecule has 1 aliphatic rings. The van der Waals surface area contributed by atoms with Crippen molar-refractivity contribution in [2.45, 2.75) is 0 Å². The zero-order chi connectivity index (χ0) is 13.4. The molecule has 0 atom stereocenters. The Labute approximate surface area is 113 Å². The van der Waals surface area contributed by atoms with Gasteiger partial charge in [-0.2, -0.15) is 5.21 Å². The average molecular weight is 267 g/mol. The molecule has 0 radical (unpaired) electrons. The van der Waals surface area contributed by atoms with Crippen LogP contribution in [0.25, 0.3) is 22.6 Å². The van der Waals surface area contributed by atoms with Crippen molar-refractivity contribution in [1.29, 1.82) is 0 Å². The zero-order valence-corrected chi connectivity index (χ0v) is 10.3. The largest absolute Gasteiger partial charge is 0.454 e. The van der Waals surface area contributed by atoms with Gasteiger partial charge in [-0.1, -0.05) is 0 Å². The van der Waals surface area contributed by atoms with E-state index in [1.165, 1.54) is 0 Å². The average Bonchev–Trinajstić information content (AvgIpc) is 3.18. The summed E-state index contributed by atoms with van der Waals surface area (Å²) in [5.41, 5.74) is 2.62. The first-order valence-electron chi connectivity index (χ1n) is 6.00. The molecular weight excluding hydrogens is 258 g/mol. The number of hydrogen-bond donors (Lipinski definition) is 1. The molecule has 7 nitrogen and oxygen atoms in total. The van der Waals surface area contributed by atoms with Gasteiger partial charge in [0.15, 0.2) is 11.5 Å². The Balaban J connectivity index is 1.69. The lowest BCUT2D eigenvalue weighted by Gasteiger charge is -2.03. The number of aromatic nitrogens is 5. The van der Waals surface area contributed by atoms with E-state index in [9.17, 15) is 0 Å². The number of fused-ring (bicyclic) bond motifs is 1. The first-order chi connectivity index (χ1) is 9.90. The van der Waals surface area contributed by atoms with Crippen molar-refractivity contribution < 1.29 is 9.47 Å². The number of tetrazole rings is 1. The topological polar surface area (TPSA) is 85.8 Å². The maximum Gasteiger partial charge on any atom is 0.231 e. The number of hydrogen-bond acceptors (Lipinski definition) is 6. The molecule has 2 aromatic heterocycles. The van der Waals surface area contributed by atoms with Crippen molar-refractivity contribution in [3.63, 3.8) is 0 Å². The van der Waals surface area contributed by atoms with Gasteiger partial charge < -0.3 is 9.47 Å². The van der Waals surface area contributed by atoms with Gasteiger partial charge in [0.05, 0.1) is 5.69 Å². The molecule has 1 aliphatic heterocycles. The first-order valence-corrected chi connectivity index (χ1v) is 6.00. The second kappa shape index (κ2) is 4.30. The van der Waals surface area contributed by atoms with E-state index in [2.05, 4.69) is 25.6 Å². The van der Waals surface area contributed by atoms with Gasteiger partial charge in [0.25, 0.3) is 0 Å². The van der Waals surface area contributed by atoms with Crippen LogP contribution in [0.5, 0.6) is 11.5 Å². The number of aromatic amines is 1. The Kier molecular flexibility index (Phi) is 2.35. The third-order valence-electron chi connectivity index (χ3n) is 3.04. The number of nitrogens with one attached hydrogen (secondary N) is 1. The smallest absolute Gasteiger partial charge is 0.231 e. The number of rotatable bonds is 2. The lowest BCUT2D eigenvalue weighted by molar-refractivity contribution is 0.174. The zero-order valence-electron chi connectivity index (χ0n) is 10.3. The summed E-state index contributed by atoms with van der Waals surface area (Å²) in [4.78, 5) is 4.41. The Morgan fingerprint density at radius 2 is 1.90 bits per heavy atom. The Hall–Kier alpha value is -2.96. The summed E-state index contributed by atoms with van der Waals surface area (Å²) in [5.74, 6) is 2.03. The van der Waals surface area contributed by atoms with E-state index in [1.54, 1.807) is 6.20 Å². The molecule has 20 heavy (non-hydrogen) atoms. The van der Waals surface area contributed by atoms with Crippen LogP contribution in [-0.4, -0.2) is 32.4 Å². The standard InChI is InChI=1S/C13H9N5O2/c1-3-10(14-6-9(1)13-15-17-18-16-13)8-2-4-11-12(5-8)20-7-19-11/h1-6H,7H2,(H,15,16,17,18). The molecular formula is C13H9N5O2. The van der Waals surface area contributed by atoms with Gasteiger partial charge in [-0.05, 0) is 35.5 Å². The van der Waals surface area contributed by atoms with Crippen molar-refractivity contribution in [3.8, 4) is 34.1 Å². The normalized spacial score (nSPS) is 12.6. The second-order valence-electron chi connectivity index (χ2n) is 4.24.